The topological polar surface area (TPSA) is 49.3 Å². The highest BCUT2D eigenvalue weighted by molar-refractivity contribution is 6.42. The molecule has 0 fully saturated rings. The quantitative estimate of drug-likeness (QED) is 0.840. The molecule has 1 unspecified atom stereocenters. The van der Waals surface area contributed by atoms with Gasteiger partial charge in [0, 0.05) is 24.6 Å². The SMILES string of the molecule is O=C(NCC(CCO)c1ccccc1)c1ccc(Cl)c(Cl)c1. The molecule has 2 aromatic rings. The summed E-state index contributed by atoms with van der Waals surface area (Å²) in [7, 11) is 0. The molecule has 2 N–H and O–H groups in total. The Morgan fingerprint density at radius 3 is 2.45 bits per heavy atom. The van der Waals surface area contributed by atoms with Gasteiger partial charge in [0.2, 0.25) is 0 Å². The molecule has 1 atom stereocenters. The fourth-order valence-corrected chi connectivity index (χ4v) is 2.52. The van der Waals surface area contributed by atoms with Gasteiger partial charge in [-0.25, -0.2) is 0 Å². The van der Waals surface area contributed by atoms with Crippen LogP contribution in [0.3, 0.4) is 0 Å². The zero-order chi connectivity index (χ0) is 15.9. The van der Waals surface area contributed by atoms with Crippen molar-refractivity contribution in [3.63, 3.8) is 0 Å². The Balaban J connectivity index is 2.02. The molecular weight excluding hydrogens is 321 g/mol. The molecule has 0 bridgehead atoms. The highest BCUT2D eigenvalue weighted by atomic mass is 35.5. The van der Waals surface area contributed by atoms with Crippen molar-refractivity contribution in [2.24, 2.45) is 0 Å². The number of carbonyl (C=O) groups is 1. The van der Waals surface area contributed by atoms with Gasteiger partial charge < -0.3 is 10.4 Å². The predicted octanol–water partition coefficient (Wildman–Crippen LogP) is 3.89. The van der Waals surface area contributed by atoms with Crippen LogP contribution in [0.5, 0.6) is 0 Å². The van der Waals surface area contributed by atoms with Crippen molar-refractivity contribution in [2.45, 2.75) is 12.3 Å². The van der Waals surface area contributed by atoms with Crippen LogP contribution in [0, 0.1) is 0 Å². The van der Waals surface area contributed by atoms with E-state index in [1.807, 2.05) is 30.3 Å². The Labute approximate surface area is 139 Å². The molecule has 0 aliphatic carbocycles. The number of hydrogen-bond donors (Lipinski definition) is 2. The number of hydrogen-bond acceptors (Lipinski definition) is 2. The molecular formula is C17H17Cl2NO2. The van der Waals surface area contributed by atoms with E-state index in [4.69, 9.17) is 23.2 Å². The molecule has 2 aromatic carbocycles. The highest BCUT2D eigenvalue weighted by Crippen LogP contribution is 2.23. The third kappa shape index (κ3) is 4.47. The van der Waals surface area contributed by atoms with E-state index in [0.717, 1.165) is 5.56 Å². The predicted molar refractivity (Wildman–Crippen MR) is 89.7 cm³/mol. The highest BCUT2D eigenvalue weighted by Gasteiger charge is 2.14. The maximum atomic E-state index is 12.2. The molecule has 0 spiro atoms. The van der Waals surface area contributed by atoms with Crippen LogP contribution in [0.15, 0.2) is 48.5 Å². The maximum absolute atomic E-state index is 12.2. The molecule has 0 aliphatic rings. The van der Waals surface area contributed by atoms with Crippen molar-refractivity contribution < 1.29 is 9.90 Å². The minimum Gasteiger partial charge on any atom is -0.396 e. The van der Waals surface area contributed by atoms with Gasteiger partial charge in [-0.1, -0.05) is 53.5 Å². The van der Waals surface area contributed by atoms with Gasteiger partial charge in [-0.3, -0.25) is 4.79 Å². The zero-order valence-electron chi connectivity index (χ0n) is 11.9. The van der Waals surface area contributed by atoms with E-state index in [1.54, 1.807) is 18.2 Å². The van der Waals surface area contributed by atoms with Crippen LogP contribution in [0.2, 0.25) is 10.0 Å². The molecule has 0 saturated carbocycles. The maximum Gasteiger partial charge on any atom is 0.251 e. The van der Waals surface area contributed by atoms with Crippen LogP contribution in [0.1, 0.15) is 28.3 Å². The Hall–Kier alpha value is -1.55. The summed E-state index contributed by atoms with van der Waals surface area (Å²) in [6, 6.07) is 14.6. The van der Waals surface area contributed by atoms with E-state index in [9.17, 15) is 9.90 Å². The fraction of sp³-hybridized carbons (Fsp3) is 0.235. The van der Waals surface area contributed by atoms with E-state index in [0.29, 0.717) is 28.6 Å². The second-order valence-corrected chi connectivity index (χ2v) is 5.77. The number of benzene rings is 2. The van der Waals surface area contributed by atoms with Crippen molar-refractivity contribution in [3.8, 4) is 0 Å². The number of carbonyl (C=O) groups excluding carboxylic acids is 1. The molecule has 0 heterocycles. The molecule has 5 heteroatoms. The van der Waals surface area contributed by atoms with Crippen LogP contribution in [-0.2, 0) is 0 Å². The molecule has 0 aliphatic heterocycles. The average molecular weight is 338 g/mol. The lowest BCUT2D eigenvalue weighted by Crippen LogP contribution is -2.28. The molecule has 116 valence electrons. The van der Waals surface area contributed by atoms with Crippen molar-refractivity contribution in [1.82, 2.24) is 5.32 Å². The number of rotatable bonds is 6. The van der Waals surface area contributed by atoms with Gasteiger partial charge in [0.15, 0.2) is 0 Å². The van der Waals surface area contributed by atoms with E-state index in [-0.39, 0.29) is 18.4 Å². The summed E-state index contributed by atoms with van der Waals surface area (Å²) in [6.07, 6.45) is 0.589. The molecule has 0 aromatic heterocycles. The number of aliphatic hydroxyl groups excluding tert-OH is 1. The lowest BCUT2D eigenvalue weighted by atomic mass is 9.96. The van der Waals surface area contributed by atoms with Crippen molar-refractivity contribution in [1.29, 1.82) is 0 Å². The minimum atomic E-state index is -0.211. The van der Waals surface area contributed by atoms with Crippen LogP contribution >= 0.6 is 23.2 Å². The van der Waals surface area contributed by atoms with E-state index < -0.39 is 0 Å². The second kappa shape index (κ2) is 8.18. The van der Waals surface area contributed by atoms with Crippen LogP contribution in [0.25, 0.3) is 0 Å². The molecule has 22 heavy (non-hydrogen) atoms. The first-order chi connectivity index (χ1) is 10.6. The summed E-state index contributed by atoms with van der Waals surface area (Å²) in [4.78, 5) is 12.2. The van der Waals surface area contributed by atoms with Crippen molar-refractivity contribution in [2.75, 3.05) is 13.2 Å². The first kappa shape index (κ1) is 16.8. The zero-order valence-corrected chi connectivity index (χ0v) is 13.4. The smallest absolute Gasteiger partial charge is 0.251 e. The van der Waals surface area contributed by atoms with Crippen LogP contribution in [-0.4, -0.2) is 24.2 Å². The summed E-state index contributed by atoms with van der Waals surface area (Å²) in [5.74, 6) is -0.143. The number of halogens is 2. The van der Waals surface area contributed by atoms with Gasteiger partial charge in [0.1, 0.15) is 0 Å². The largest absolute Gasteiger partial charge is 0.396 e. The second-order valence-electron chi connectivity index (χ2n) is 4.96. The Kier molecular flexibility index (Phi) is 6.25. The van der Waals surface area contributed by atoms with Gasteiger partial charge in [-0.15, -0.1) is 0 Å². The first-order valence-corrected chi connectivity index (χ1v) is 7.76. The van der Waals surface area contributed by atoms with Crippen LogP contribution < -0.4 is 5.32 Å². The number of nitrogens with one attached hydrogen (secondary N) is 1. The van der Waals surface area contributed by atoms with Crippen LogP contribution in [0.4, 0.5) is 0 Å². The van der Waals surface area contributed by atoms with Gasteiger partial charge in [0.25, 0.3) is 5.91 Å². The monoisotopic (exact) mass is 337 g/mol. The summed E-state index contributed by atoms with van der Waals surface area (Å²) >= 11 is 11.8. The Morgan fingerprint density at radius 1 is 1.09 bits per heavy atom. The molecule has 2 rings (SSSR count). The van der Waals surface area contributed by atoms with Gasteiger partial charge in [0.05, 0.1) is 10.0 Å². The van der Waals surface area contributed by atoms with E-state index >= 15 is 0 Å². The number of amides is 1. The molecule has 3 nitrogen and oxygen atoms in total. The Morgan fingerprint density at radius 2 is 1.82 bits per heavy atom. The van der Waals surface area contributed by atoms with Crippen molar-refractivity contribution >= 4 is 29.1 Å². The Bertz CT molecular complexity index is 632. The molecule has 1 amide bonds. The van der Waals surface area contributed by atoms with Crippen molar-refractivity contribution in [3.05, 3.63) is 69.7 Å². The third-order valence-corrected chi connectivity index (χ3v) is 4.18. The summed E-state index contributed by atoms with van der Waals surface area (Å²) < 4.78 is 0. The minimum absolute atomic E-state index is 0.0675. The van der Waals surface area contributed by atoms with Gasteiger partial charge >= 0.3 is 0 Å². The van der Waals surface area contributed by atoms with E-state index in [2.05, 4.69) is 5.32 Å². The summed E-state index contributed by atoms with van der Waals surface area (Å²) in [5.41, 5.74) is 1.55. The lowest BCUT2D eigenvalue weighted by molar-refractivity contribution is 0.0949. The third-order valence-electron chi connectivity index (χ3n) is 3.44. The van der Waals surface area contributed by atoms with Gasteiger partial charge in [-0.2, -0.15) is 0 Å². The normalized spacial score (nSPS) is 12.0. The van der Waals surface area contributed by atoms with Gasteiger partial charge in [-0.05, 0) is 30.2 Å². The average Bonchev–Trinajstić information content (AvgIpc) is 2.54. The molecule has 0 radical (unpaired) electrons. The summed E-state index contributed by atoms with van der Waals surface area (Å²) in [5, 5.41) is 12.8. The number of aliphatic hydroxyl groups is 1. The fourth-order valence-electron chi connectivity index (χ4n) is 2.22. The standard InChI is InChI=1S/C17H17Cl2NO2/c18-15-7-6-13(10-16(15)19)17(22)20-11-14(8-9-21)12-4-2-1-3-5-12/h1-7,10,14,21H,8-9,11H2,(H,20,22). The lowest BCUT2D eigenvalue weighted by Gasteiger charge is -2.17. The first-order valence-electron chi connectivity index (χ1n) is 7.01. The molecule has 0 saturated heterocycles. The van der Waals surface area contributed by atoms with E-state index in [1.165, 1.54) is 0 Å². The summed E-state index contributed by atoms with van der Waals surface area (Å²) in [6.45, 7) is 0.520.